The van der Waals surface area contributed by atoms with Crippen LogP contribution in [0.2, 0.25) is 0 Å². The number of hydrogen-bond acceptors (Lipinski definition) is 6. The Morgan fingerprint density at radius 3 is 2.51 bits per heavy atom. The summed E-state index contributed by atoms with van der Waals surface area (Å²) in [6.45, 7) is 1.90. The molecule has 3 aromatic carbocycles. The number of hydrogen-bond donors (Lipinski definition) is 0. The summed E-state index contributed by atoms with van der Waals surface area (Å²) in [7, 11) is 1.57. The summed E-state index contributed by atoms with van der Waals surface area (Å²) in [4.78, 5) is 32.4. The molecule has 1 aliphatic rings. The first-order valence-corrected chi connectivity index (χ1v) is 12.5. The molecular weight excluding hydrogens is 491 g/mol. The number of halogens is 1. The average Bonchev–Trinajstić information content (AvgIpc) is 3.22. The molecule has 4 aromatic rings. The monoisotopic (exact) mass is 514 g/mol. The van der Waals surface area contributed by atoms with Crippen LogP contribution >= 0.6 is 11.3 Å². The highest BCUT2D eigenvalue weighted by atomic mass is 32.1. The zero-order chi connectivity index (χ0) is 25.9. The van der Waals surface area contributed by atoms with Crippen LogP contribution in [0.15, 0.2) is 94.2 Å². The van der Waals surface area contributed by atoms with Crippen molar-refractivity contribution in [3.8, 4) is 5.75 Å². The molecule has 0 amide bonds. The van der Waals surface area contributed by atoms with Crippen LogP contribution in [-0.2, 0) is 9.53 Å². The topological polar surface area (TPSA) is 69.9 Å². The highest BCUT2D eigenvalue weighted by molar-refractivity contribution is 7.07. The van der Waals surface area contributed by atoms with Crippen molar-refractivity contribution in [2.75, 3.05) is 13.7 Å². The van der Waals surface area contributed by atoms with Crippen LogP contribution in [0.5, 0.6) is 5.75 Å². The van der Waals surface area contributed by atoms with Gasteiger partial charge < -0.3 is 9.47 Å². The van der Waals surface area contributed by atoms with Gasteiger partial charge in [-0.25, -0.2) is 14.2 Å². The molecule has 1 aromatic heterocycles. The Kier molecular flexibility index (Phi) is 6.83. The third kappa shape index (κ3) is 4.75. The third-order valence-corrected chi connectivity index (χ3v) is 6.93. The molecule has 0 unspecified atom stereocenters. The zero-order valence-corrected chi connectivity index (χ0v) is 21.0. The molecule has 0 bridgehead atoms. The molecule has 0 radical (unpaired) electrons. The van der Waals surface area contributed by atoms with Crippen LogP contribution in [0.1, 0.15) is 29.7 Å². The minimum atomic E-state index is -0.786. The number of carbonyl (C=O) groups is 1. The van der Waals surface area contributed by atoms with E-state index in [0.717, 1.165) is 5.56 Å². The van der Waals surface area contributed by atoms with E-state index in [1.807, 2.05) is 42.5 Å². The van der Waals surface area contributed by atoms with Crippen LogP contribution in [0.4, 0.5) is 4.39 Å². The highest BCUT2D eigenvalue weighted by Crippen LogP contribution is 2.35. The van der Waals surface area contributed by atoms with Gasteiger partial charge in [0, 0.05) is 5.56 Å². The molecule has 1 atom stereocenters. The molecule has 8 heteroatoms. The van der Waals surface area contributed by atoms with Crippen molar-refractivity contribution in [3.05, 3.63) is 127 Å². The zero-order valence-electron chi connectivity index (χ0n) is 20.2. The molecule has 0 saturated carbocycles. The predicted molar refractivity (Wildman–Crippen MR) is 140 cm³/mol. The number of nitrogens with zero attached hydrogens (tertiary/aromatic N) is 2. The summed E-state index contributed by atoms with van der Waals surface area (Å²) in [6, 6.07) is 21.8. The van der Waals surface area contributed by atoms with Gasteiger partial charge in [-0.3, -0.25) is 9.36 Å². The van der Waals surface area contributed by atoms with E-state index in [4.69, 9.17) is 14.5 Å². The van der Waals surface area contributed by atoms with Gasteiger partial charge in [-0.2, -0.15) is 0 Å². The Morgan fingerprint density at radius 1 is 1.08 bits per heavy atom. The lowest BCUT2D eigenvalue weighted by Crippen LogP contribution is -2.40. The number of carbonyl (C=O) groups excluding carboxylic acids is 1. The van der Waals surface area contributed by atoms with Gasteiger partial charge in [0.15, 0.2) is 4.80 Å². The maximum Gasteiger partial charge on any atom is 0.338 e. The molecule has 37 heavy (non-hydrogen) atoms. The first-order chi connectivity index (χ1) is 18.0. The van der Waals surface area contributed by atoms with Gasteiger partial charge in [0.2, 0.25) is 0 Å². The molecule has 0 aliphatic carbocycles. The number of rotatable bonds is 6. The van der Waals surface area contributed by atoms with E-state index in [9.17, 15) is 14.0 Å². The first-order valence-electron chi connectivity index (χ1n) is 11.7. The minimum absolute atomic E-state index is 0.170. The molecule has 186 valence electrons. The molecule has 0 saturated heterocycles. The van der Waals surface area contributed by atoms with Gasteiger partial charge in [-0.1, -0.05) is 65.9 Å². The van der Waals surface area contributed by atoms with Crippen molar-refractivity contribution in [3.63, 3.8) is 0 Å². The van der Waals surface area contributed by atoms with Crippen LogP contribution in [-0.4, -0.2) is 24.3 Å². The highest BCUT2D eigenvalue weighted by Gasteiger charge is 2.35. The van der Waals surface area contributed by atoms with E-state index in [2.05, 4.69) is 0 Å². The van der Waals surface area contributed by atoms with Crippen molar-refractivity contribution < 1.29 is 18.7 Å². The first kappa shape index (κ1) is 24.4. The number of methoxy groups -OCH3 is 1. The third-order valence-electron chi connectivity index (χ3n) is 5.95. The number of esters is 1. The predicted octanol–water partition coefficient (Wildman–Crippen LogP) is 4.08. The van der Waals surface area contributed by atoms with Crippen molar-refractivity contribution in [2.45, 2.75) is 13.0 Å². The Labute approximate surface area is 216 Å². The quantitative estimate of drug-likeness (QED) is 0.364. The molecule has 1 aliphatic heterocycles. The molecule has 0 spiro atoms. The Morgan fingerprint density at radius 2 is 1.84 bits per heavy atom. The maximum atomic E-state index is 13.8. The number of ether oxygens (including phenoxy) is 2. The van der Waals surface area contributed by atoms with Crippen LogP contribution < -0.4 is 19.6 Å². The lowest BCUT2D eigenvalue weighted by molar-refractivity contribution is -0.138. The van der Waals surface area contributed by atoms with E-state index in [-0.39, 0.29) is 17.7 Å². The summed E-state index contributed by atoms with van der Waals surface area (Å²) in [5.74, 6) is -0.300. The normalized spacial score (nSPS) is 15.2. The Bertz CT molecular complexity index is 1670. The van der Waals surface area contributed by atoms with Gasteiger partial charge in [0.1, 0.15) is 11.6 Å². The van der Waals surface area contributed by atoms with Gasteiger partial charge in [0.05, 0.1) is 35.6 Å². The smallest absolute Gasteiger partial charge is 0.338 e. The fourth-order valence-corrected chi connectivity index (χ4v) is 5.29. The molecule has 0 fully saturated rings. The fraction of sp³-hybridized carbons (Fsp3) is 0.138. The summed E-state index contributed by atoms with van der Waals surface area (Å²) >= 11 is 1.19. The second kappa shape index (κ2) is 10.4. The molecular formula is C29H23FN2O4S. The molecule has 6 nitrogen and oxygen atoms in total. The lowest BCUT2D eigenvalue weighted by Gasteiger charge is -2.26. The van der Waals surface area contributed by atoms with Gasteiger partial charge >= 0.3 is 5.97 Å². The molecule has 5 rings (SSSR count). The Hall–Kier alpha value is -4.30. The second-order valence-electron chi connectivity index (χ2n) is 8.26. The summed E-state index contributed by atoms with van der Waals surface area (Å²) in [6.07, 6.45) is 1.63. The van der Waals surface area contributed by atoms with Gasteiger partial charge in [0.25, 0.3) is 5.56 Å². The fourth-order valence-electron chi connectivity index (χ4n) is 4.29. The van der Waals surface area contributed by atoms with E-state index < -0.39 is 17.8 Å². The SMILES string of the molecule is CCOC(=O)C1=C(c2ccccc2)N=c2s/c(=C\c3cccc(F)c3)c(=O)n2[C@@H]1c1ccc(OC)cc1. The van der Waals surface area contributed by atoms with Gasteiger partial charge in [-0.15, -0.1) is 0 Å². The minimum Gasteiger partial charge on any atom is -0.497 e. The van der Waals surface area contributed by atoms with Crippen LogP contribution in [0.3, 0.4) is 0 Å². The average molecular weight is 515 g/mol. The van der Waals surface area contributed by atoms with Crippen molar-refractivity contribution >= 4 is 29.1 Å². The van der Waals surface area contributed by atoms with Crippen LogP contribution in [0.25, 0.3) is 11.8 Å². The van der Waals surface area contributed by atoms with E-state index in [0.29, 0.717) is 31.9 Å². The van der Waals surface area contributed by atoms with Gasteiger partial charge in [-0.05, 0) is 48.4 Å². The van der Waals surface area contributed by atoms with Crippen LogP contribution in [0, 0.1) is 5.82 Å². The van der Waals surface area contributed by atoms with E-state index >= 15 is 0 Å². The number of fused-ring (bicyclic) bond motifs is 1. The summed E-state index contributed by atoms with van der Waals surface area (Å²) in [5.41, 5.74) is 2.36. The summed E-state index contributed by atoms with van der Waals surface area (Å²) < 4.78 is 26.5. The van der Waals surface area contributed by atoms with Crippen molar-refractivity contribution in [1.29, 1.82) is 0 Å². The lowest BCUT2D eigenvalue weighted by atomic mass is 9.93. The number of aromatic nitrogens is 1. The number of thiazole rings is 1. The molecule has 2 heterocycles. The standard InChI is InChI=1S/C29H23FN2O4S/c1-3-36-28(34)24-25(19-9-5-4-6-10-19)31-29-32(26(24)20-12-14-22(35-2)15-13-20)27(33)23(37-29)17-18-8-7-11-21(30)16-18/h4-17,26H,3H2,1-2H3/b23-17-/t26-/m1/s1. The second-order valence-corrected chi connectivity index (χ2v) is 9.27. The largest absolute Gasteiger partial charge is 0.497 e. The number of benzene rings is 3. The maximum absolute atomic E-state index is 13.8. The summed E-state index contributed by atoms with van der Waals surface area (Å²) in [5, 5.41) is 0. The van der Waals surface area contributed by atoms with Crippen molar-refractivity contribution in [1.82, 2.24) is 4.57 Å². The molecule has 0 N–H and O–H groups in total. The van der Waals surface area contributed by atoms with E-state index in [1.54, 1.807) is 44.4 Å². The van der Waals surface area contributed by atoms with E-state index in [1.165, 1.54) is 28.0 Å². The Balaban J connectivity index is 1.82. The van der Waals surface area contributed by atoms with Crippen molar-refractivity contribution in [2.24, 2.45) is 4.99 Å².